The Kier molecular flexibility index (Phi) is 6.37. The Morgan fingerprint density at radius 2 is 1.67 bits per heavy atom. The highest BCUT2D eigenvalue weighted by molar-refractivity contribution is 8.00. The fourth-order valence-corrected chi connectivity index (χ4v) is 5.25. The molecule has 33 heavy (non-hydrogen) atoms. The molecular weight excluding hydrogens is 432 g/mol. The van der Waals surface area contributed by atoms with Crippen LogP contribution in [0, 0.1) is 0 Å². The first-order valence-electron chi connectivity index (χ1n) is 11.2. The molecule has 3 N–H and O–H groups in total. The number of hydrogen-bond donors (Lipinski definition) is 2. The van der Waals surface area contributed by atoms with Crippen LogP contribution in [-0.2, 0) is 6.54 Å². The van der Waals surface area contributed by atoms with Crippen LogP contribution in [0.25, 0.3) is 34.3 Å². The second kappa shape index (κ2) is 9.72. The lowest BCUT2D eigenvalue weighted by Gasteiger charge is -2.09. The fraction of sp³-hybridized carbons (Fsp3) is 0.280. The van der Waals surface area contributed by atoms with Crippen LogP contribution in [-0.4, -0.2) is 32.5 Å². The summed E-state index contributed by atoms with van der Waals surface area (Å²) in [6.07, 6.45) is 6.99. The maximum absolute atomic E-state index is 6.10. The summed E-state index contributed by atoms with van der Waals surface area (Å²) >= 11 is 1.97. The molecule has 1 saturated carbocycles. The predicted molar refractivity (Wildman–Crippen MR) is 131 cm³/mol. The van der Waals surface area contributed by atoms with E-state index in [0.717, 1.165) is 22.9 Å². The standard InChI is InChI=1S/C25H26N6OS/c1-27-14-16-6-8-18(9-7-16)24-30-31-25(32-24)22-23(26)28-15-21(29-22)17-10-12-20(13-11-17)33-19-4-2-3-5-19/h6-13,15,19,27H,2-5,14H2,1H3,(H2,26,28). The van der Waals surface area contributed by atoms with Crippen LogP contribution in [0.4, 0.5) is 5.82 Å². The number of anilines is 1. The normalized spacial score (nSPS) is 14.1. The second-order valence-electron chi connectivity index (χ2n) is 8.18. The van der Waals surface area contributed by atoms with Crippen molar-refractivity contribution in [3.63, 3.8) is 0 Å². The molecule has 2 aromatic heterocycles. The van der Waals surface area contributed by atoms with Gasteiger partial charge in [-0.15, -0.1) is 22.0 Å². The van der Waals surface area contributed by atoms with Crippen molar-refractivity contribution in [2.24, 2.45) is 0 Å². The Hall–Kier alpha value is -3.23. The zero-order valence-corrected chi connectivity index (χ0v) is 19.3. The molecule has 2 heterocycles. The highest BCUT2D eigenvalue weighted by Gasteiger charge is 2.18. The van der Waals surface area contributed by atoms with E-state index in [1.807, 2.05) is 43.1 Å². The molecule has 0 atom stereocenters. The fourth-order valence-electron chi connectivity index (χ4n) is 4.00. The Balaban J connectivity index is 1.37. The number of aromatic nitrogens is 4. The SMILES string of the molecule is CNCc1ccc(-c2nnc(-c3nc(-c4ccc(SC5CCCC5)cc4)cnc3N)o2)cc1. The minimum atomic E-state index is 0.254. The van der Waals surface area contributed by atoms with E-state index in [1.54, 1.807) is 6.20 Å². The van der Waals surface area contributed by atoms with Gasteiger partial charge in [-0.3, -0.25) is 0 Å². The van der Waals surface area contributed by atoms with Crippen molar-refractivity contribution < 1.29 is 4.42 Å². The average molecular weight is 459 g/mol. The molecule has 0 bridgehead atoms. The van der Waals surface area contributed by atoms with Gasteiger partial charge in [-0.1, -0.05) is 37.1 Å². The lowest BCUT2D eigenvalue weighted by atomic mass is 10.1. The van der Waals surface area contributed by atoms with Crippen LogP contribution >= 0.6 is 11.8 Å². The van der Waals surface area contributed by atoms with E-state index in [9.17, 15) is 0 Å². The zero-order valence-electron chi connectivity index (χ0n) is 18.5. The van der Waals surface area contributed by atoms with Crippen molar-refractivity contribution in [2.75, 3.05) is 12.8 Å². The molecule has 0 aliphatic heterocycles. The Labute approximate surface area is 197 Å². The summed E-state index contributed by atoms with van der Waals surface area (Å²) in [5, 5.41) is 12.2. The topological polar surface area (TPSA) is 103 Å². The predicted octanol–water partition coefficient (Wildman–Crippen LogP) is 5.20. The molecule has 1 fully saturated rings. The van der Waals surface area contributed by atoms with Gasteiger partial charge in [0.05, 0.1) is 11.9 Å². The molecule has 1 aliphatic carbocycles. The molecule has 2 aromatic carbocycles. The Bertz CT molecular complexity index is 1220. The molecule has 4 aromatic rings. The third kappa shape index (κ3) is 4.91. The van der Waals surface area contributed by atoms with E-state index < -0.39 is 0 Å². The molecule has 1 aliphatic rings. The number of nitrogen functional groups attached to an aromatic ring is 1. The molecule has 7 nitrogen and oxygen atoms in total. The first-order chi connectivity index (χ1) is 16.2. The summed E-state index contributed by atoms with van der Waals surface area (Å²) < 4.78 is 5.90. The summed E-state index contributed by atoms with van der Waals surface area (Å²) in [4.78, 5) is 10.3. The van der Waals surface area contributed by atoms with E-state index in [0.29, 0.717) is 17.3 Å². The summed E-state index contributed by atoms with van der Waals surface area (Å²) in [6.45, 7) is 0.800. The number of hydrogen-bond acceptors (Lipinski definition) is 8. The van der Waals surface area contributed by atoms with Crippen molar-refractivity contribution in [3.05, 3.63) is 60.3 Å². The molecule has 5 rings (SSSR count). The van der Waals surface area contributed by atoms with Crippen LogP contribution in [0.2, 0.25) is 0 Å². The maximum Gasteiger partial charge on any atom is 0.270 e. The first kappa shape index (κ1) is 21.6. The van der Waals surface area contributed by atoms with E-state index in [1.165, 1.54) is 36.1 Å². The van der Waals surface area contributed by atoms with Gasteiger partial charge >= 0.3 is 0 Å². The van der Waals surface area contributed by atoms with Gasteiger partial charge in [0.25, 0.3) is 5.89 Å². The quantitative estimate of drug-likeness (QED) is 0.390. The largest absolute Gasteiger partial charge is 0.414 e. The van der Waals surface area contributed by atoms with Gasteiger partial charge in [0, 0.05) is 27.8 Å². The monoisotopic (exact) mass is 458 g/mol. The van der Waals surface area contributed by atoms with Gasteiger partial charge in [0.15, 0.2) is 11.5 Å². The van der Waals surface area contributed by atoms with Crippen LogP contribution < -0.4 is 11.1 Å². The van der Waals surface area contributed by atoms with Gasteiger partial charge in [-0.05, 0) is 49.7 Å². The van der Waals surface area contributed by atoms with Crippen molar-refractivity contribution in [1.29, 1.82) is 0 Å². The average Bonchev–Trinajstić information content (AvgIpc) is 3.53. The number of rotatable bonds is 7. The zero-order chi connectivity index (χ0) is 22.6. The number of nitrogens with two attached hydrogens (primary N) is 1. The van der Waals surface area contributed by atoms with Crippen LogP contribution in [0.3, 0.4) is 0 Å². The van der Waals surface area contributed by atoms with Gasteiger partial charge in [0.1, 0.15) is 0 Å². The lowest BCUT2D eigenvalue weighted by molar-refractivity contribution is 0.582. The Morgan fingerprint density at radius 1 is 0.970 bits per heavy atom. The van der Waals surface area contributed by atoms with Gasteiger partial charge in [0.2, 0.25) is 5.89 Å². The molecule has 0 radical (unpaired) electrons. The minimum absolute atomic E-state index is 0.254. The van der Waals surface area contributed by atoms with Gasteiger partial charge in [-0.25, -0.2) is 9.97 Å². The molecule has 0 saturated heterocycles. The van der Waals surface area contributed by atoms with Gasteiger partial charge < -0.3 is 15.5 Å². The third-order valence-corrected chi connectivity index (χ3v) is 7.11. The van der Waals surface area contributed by atoms with E-state index >= 15 is 0 Å². The summed E-state index contributed by atoms with van der Waals surface area (Å²) in [5.74, 6) is 0.928. The highest BCUT2D eigenvalue weighted by atomic mass is 32.2. The molecular formula is C25H26N6OS. The minimum Gasteiger partial charge on any atom is -0.414 e. The molecule has 168 valence electrons. The molecule has 0 spiro atoms. The molecule has 8 heteroatoms. The number of benzene rings is 2. The van der Waals surface area contributed by atoms with E-state index in [2.05, 4.69) is 44.8 Å². The van der Waals surface area contributed by atoms with E-state index in [4.69, 9.17) is 15.1 Å². The van der Waals surface area contributed by atoms with Crippen LogP contribution in [0.5, 0.6) is 0 Å². The molecule has 0 unspecified atom stereocenters. The Morgan fingerprint density at radius 3 is 2.39 bits per heavy atom. The van der Waals surface area contributed by atoms with Crippen LogP contribution in [0.1, 0.15) is 31.2 Å². The smallest absolute Gasteiger partial charge is 0.270 e. The number of nitrogens with one attached hydrogen (secondary N) is 1. The lowest BCUT2D eigenvalue weighted by Crippen LogP contribution is -2.04. The summed E-state index contributed by atoms with van der Waals surface area (Å²) in [7, 11) is 1.92. The second-order valence-corrected chi connectivity index (χ2v) is 9.55. The summed E-state index contributed by atoms with van der Waals surface area (Å²) in [5.41, 5.74) is 10.2. The van der Waals surface area contributed by atoms with Crippen molar-refractivity contribution in [2.45, 2.75) is 42.4 Å². The number of thioether (sulfide) groups is 1. The number of nitrogens with zero attached hydrogens (tertiary/aromatic N) is 4. The van der Waals surface area contributed by atoms with Crippen LogP contribution in [0.15, 0.2) is 64.0 Å². The van der Waals surface area contributed by atoms with Gasteiger partial charge in [-0.2, -0.15) is 0 Å². The third-order valence-electron chi connectivity index (χ3n) is 5.77. The van der Waals surface area contributed by atoms with Crippen molar-refractivity contribution >= 4 is 17.6 Å². The van der Waals surface area contributed by atoms with Crippen molar-refractivity contribution in [3.8, 4) is 34.3 Å². The summed E-state index contributed by atoms with van der Waals surface area (Å²) in [6, 6.07) is 16.4. The van der Waals surface area contributed by atoms with Crippen molar-refractivity contribution in [1.82, 2.24) is 25.5 Å². The molecule has 0 amide bonds. The maximum atomic E-state index is 6.10. The van der Waals surface area contributed by atoms with E-state index in [-0.39, 0.29) is 11.7 Å². The highest BCUT2D eigenvalue weighted by Crippen LogP contribution is 2.35. The first-order valence-corrected chi connectivity index (χ1v) is 12.0.